The molecule has 1 aliphatic rings. The Morgan fingerprint density at radius 1 is 0.933 bits per heavy atom. The molecule has 7 heteroatoms. The molecule has 4 aromatic carbocycles. The Bertz CT molecular complexity index is 2030. The summed E-state index contributed by atoms with van der Waals surface area (Å²) in [6, 6.07) is 34.6. The van der Waals surface area contributed by atoms with Crippen LogP contribution in [-0.4, -0.2) is 17.1 Å². The van der Waals surface area contributed by atoms with Crippen LogP contribution in [0.25, 0.3) is 11.8 Å². The van der Waals surface area contributed by atoms with Crippen molar-refractivity contribution in [3.8, 4) is 5.75 Å². The first-order valence-corrected chi connectivity index (χ1v) is 15.9. The molecule has 0 N–H and O–H groups in total. The molecule has 2 heterocycles. The summed E-state index contributed by atoms with van der Waals surface area (Å²) in [4.78, 5) is 33.4. The van der Waals surface area contributed by atoms with Crippen LogP contribution < -0.4 is 19.6 Å². The summed E-state index contributed by atoms with van der Waals surface area (Å²) >= 11 is 1.31. The Labute approximate surface area is 266 Å². The predicted octanol–water partition coefficient (Wildman–Crippen LogP) is 6.64. The number of ether oxygens (including phenoxy) is 2. The van der Waals surface area contributed by atoms with E-state index in [1.807, 2.05) is 103 Å². The molecule has 226 valence electrons. The van der Waals surface area contributed by atoms with E-state index in [1.54, 1.807) is 11.5 Å². The zero-order chi connectivity index (χ0) is 31.3. The third-order valence-corrected chi connectivity index (χ3v) is 8.68. The third kappa shape index (κ3) is 6.44. The van der Waals surface area contributed by atoms with Crippen molar-refractivity contribution in [3.05, 3.63) is 162 Å². The van der Waals surface area contributed by atoms with Crippen LogP contribution in [-0.2, 0) is 16.1 Å². The van der Waals surface area contributed by atoms with Gasteiger partial charge in [-0.15, -0.1) is 0 Å². The van der Waals surface area contributed by atoms with Gasteiger partial charge in [-0.1, -0.05) is 122 Å². The van der Waals surface area contributed by atoms with Crippen LogP contribution in [0.2, 0.25) is 0 Å². The van der Waals surface area contributed by atoms with Gasteiger partial charge in [-0.25, -0.2) is 9.79 Å². The second-order valence-electron chi connectivity index (χ2n) is 11.1. The van der Waals surface area contributed by atoms with Gasteiger partial charge in [-0.05, 0) is 53.3 Å². The Kier molecular flexibility index (Phi) is 8.89. The first kappa shape index (κ1) is 30.0. The summed E-state index contributed by atoms with van der Waals surface area (Å²) in [6.45, 7) is 6.70. The Morgan fingerprint density at radius 3 is 2.33 bits per heavy atom. The van der Waals surface area contributed by atoms with E-state index in [4.69, 9.17) is 14.5 Å². The van der Waals surface area contributed by atoms with Crippen LogP contribution in [0.1, 0.15) is 60.5 Å². The molecule has 0 aliphatic carbocycles. The van der Waals surface area contributed by atoms with Crippen LogP contribution in [0.3, 0.4) is 0 Å². The van der Waals surface area contributed by atoms with E-state index in [0.29, 0.717) is 38.9 Å². The monoisotopic (exact) mass is 614 g/mol. The van der Waals surface area contributed by atoms with Crippen molar-refractivity contribution in [1.82, 2.24) is 4.57 Å². The fraction of sp³-hybridized carbons (Fsp3) is 0.184. The van der Waals surface area contributed by atoms with Crippen LogP contribution in [0.15, 0.2) is 125 Å². The van der Waals surface area contributed by atoms with E-state index in [0.717, 1.165) is 22.3 Å². The van der Waals surface area contributed by atoms with Crippen LogP contribution in [0.5, 0.6) is 5.75 Å². The van der Waals surface area contributed by atoms with Gasteiger partial charge in [0.15, 0.2) is 4.80 Å². The topological polar surface area (TPSA) is 69.9 Å². The number of carbonyl (C=O) groups excluding carboxylic acids is 1. The summed E-state index contributed by atoms with van der Waals surface area (Å²) in [7, 11) is 0. The summed E-state index contributed by atoms with van der Waals surface area (Å²) in [5, 5.41) is 0. The smallest absolute Gasteiger partial charge is 0.338 e. The maximum absolute atomic E-state index is 14.2. The number of fused-ring (bicyclic) bond motifs is 1. The molecule has 0 saturated heterocycles. The van der Waals surface area contributed by atoms with E-state index in [1.165, 1.54) is 16.9 Å². The van der Waals surface area contributed by atoms with E-state index in [9.17, 15) is 9.59 Å². The van der Waals surface area contributed by atoms with Gasteiger partial charge in [0.2, 0.25) is 0 Å². The molecule has 0 spiro atoms. The summed E-state index contributed by atoms with van der Waals surface area (Å²) < 4.78 is 13.8. The average Bonchev–Trinajstić information content (AvgIpc) is 3.38. The fourth-order valence-corrected chi connectivity index (χ4v) is 6.41. The zero-order valence-electron chi connectivity index (χ0n) is 25.5. The van der Waals surface area contributed by atoms with Gasteiger partial charge in [0, 0.05) is 5.56 Å². The van der Waals surface area contributed by atoms with Gasteiger partial charge in [-0.3, -0.25) is 9.36 Å². The molecule has 1 atom stereocenters. The van der Waals surface area contributed by atoms with Gasteiger partial charge in [0.1, 0.15) is 12.4 Å². The third-order valence-electron chi connectivity index (χ3n) is 7.70. The lowest BCUT2D eigenvalue weighted by atomic mass is 9.91. The van der Waals surface area contributed by atoms with E-state index < -0.39 is 12.0 Å². The van der Waals surface area contributed by atoms with Crippen molar-refractivity contribution in [3.63, 3.8) is 0 Å². The molecule has 0 fully saturated rings. The molecular weight excluding hydrogens is 580 g/mol. The Hall–Kier alpha value is -5.01. The SMILES string of the molecule is CCOC(=O)C1=C(c2ccccc2)N=c2s/c(=C/c3cccc(OCc4ccccc4)c3)c(=O)n2[C@@H]1c1ccc(C(C)C)cc1. The molecular formula is C38H34N2O4S. The minimum atomic E-state index is -0.709. The number of esters is 1. The maximum Gasteiger partial charge on any atom is 0.338 e. The lowest BCUT2D eigenvalue weighted by Gasteiger charge is -2.26. The number of rotatable bonds is 9. The number of carbonyl (C=O) groups is 1. The number of benzene rings is 4. The zero-order valence-corrected chi connectivity index (χ0v) is 26.3. The largest absolute Gasteiger partial charge is 0.489 e. The summed E-state index contributed by atoms with van der Waals surface area (Å²) in [6.07, 6.45) is 1.86. The number of hydrogen-bond donors (Lipinski definition) is 0. The van der Waals surface area contributed by atoms with Crippen molar-refractivity contribution < 1.29 is 14.3 Å². The normalized spacial score (nSPS) is 14.7. The fourth-order valence-electron chi connectivity index (χ4n) is 5.41. The van der Waals surface area contributed by atoms with E-state index in [-0.39, 0.29) is 12.2 Å². The standard InChI is InChI=1S/C38H34N2O4S/c1-4-43-37(42)33-34(29-15-9-6-10-16-29)39-38-40(35(33)30-20-18-28(19-21-30)25(2)3)36(41)32(45-38)23-27-14-11-17-31(22-27)44-24-26-12-7-5-8-13-26/h5-23,25,35H,4,24H2,1-3H3/b32-23+/t35-/m1/s1. The highest BCUT2D eigenvalue weighted by atomic mass is 32.1. The summed E-state index contributed by atoms with van der Waals surface area (Å²) in [5.41, 5.74) is 5.30. The molecule has 6 nitrogen and oxygen atoms in total. The van der Waals surface area contributed by atoms with Crippen molar-refractivity contribution in [2.75, 3.05) is 6.61 Å². The van der Waals surface area contributed by atoms with Crippen molar-refractivity contribution >= 4 is 29.1 Å². The molecule has 1 aromatic heterocycles. The van der Waals surface area contributed by atoms with Gasteiger partial charge < -0.3 is 9.47 Å². The quantitative estimate of drug-likeness (QED) is 0.175. The molecule has 0 saturated carbocycles. The highest BCUT2D eigenvalue weighted by molar-refractivity contribution is 7.07. The molecule has 0 radical (unpaired) electrons. The highest BCUT2D eigenvalue weighted by Gasteiger charge is 2.35. The van der Waals surface area contributed by atoms with Crippen molar-refractivity contribution in [2.45, 2.75) is 39.3 Å². The second-order valence-corrected chi connectivity index (χ2v) is 12.1. The van der Waals surface area contributed by atoms with Crippen molar-refractivity contribution in [1.29, 1.82) is 0 Å². The molecule has 45 heavy (non-hydrogen) atoms. The summed E-state index contributed by atoms with van der Waals surface area (Å²) in [5.74, 6) is 0.559. The van der Waals surface area contributed by atoms with Gasteiger partial charge in [0.05, 0.1) is 28.5 Å². The number of nitrogens with zero attached hydrogens (tertiary/aromatic N) is 2. The molecule has 0 amide bonds. The highest BCUT2D eigenvalue weighted by Crippen LogP contribution is 2.35. The second kappa shape index (κ2) is 13.3. The minimum Gasteiger partial charge on any atom is -0.489 e. The molecule has 0 bridgehead atoms. The number of aromatic nitrogens is 1. The molecule has 0 unspecified atom stereocenters. The van der Waals surface area contributed by atoms with Crippen molar-refractivity contribution in [2.24, 2.45) is 4.99 Å². The first-order chi connectivity index (χ1) is 21.9. The van der Waals surface area contributed by atoms with Crippen LogP contribution >= 0.6 is 11.3 Å². The van der Waals surface area contributed by atoms with Crippen LogP contribution in [0.4, 0.5) is 0 Å². The molecule has 6 rings (SSSR count). The number of hydrogen-bond acceptors (Lipinski definition) is 6. The Morgan fingerprint density at radius 2 is 1.64 bits per heavy atom. The maximum atomic E-state index is 14.2. The van der Waals surface area contributed by atoms with E-state index >= 15 is 0 Å². The average molecular weight is 615 g/mol. The lowest BCUT2D eigenvalue weighted by molar-refractivity contribution is -0.138. The molecule has 5 aromatic rings. The Balaban J connectivity index is 1.49. The van der Waals surface area contributed by atoms with Crippen LogP contribution in [0, 0.1) is 0 Å². The van der Waals surface area contributed by atoms with Gasteiger partial charge in [-0.2, -0.15) is 0 Å². The minimum absolute atomic E-state index is 0.205. The molecule has 1 aliphatic heterocycles. The lowest BCUT2D eigenvalue weighted by Crippen LogP contribution is -2.40. The van der Waals surface area contributed by atoms with Gasteiger partial charge >= 0.3 is 5.97 Å². The first-order valence-electron chi connectivity index (χ1n) is 15.1. The van der Waals surface area contributed by atoms with Gasteiger partial charge in [0.25, 0.3) is 5.56 Å². The number of thiazole rings is 1. The predicted molar refractivity (Wildman–Crippen MR) is 179 cm³/mol. The van der Waals surface area contributed by atoms with E-state index in [2.05, 4.69) is 26.0 Å².